The summed E-state index contributed by atoms with van der Waals surface area (Å²) < 4.78 is 13.2. The number of imide groups is 1. The number of carbonyl (C=O) groups is 7. The molecule has 7 rings (SSSR count). The zero-order valence-corrected chi connectivity index (χ0v) is 37.9. The van der Waals surface area contributed by atoms with Crippen LogP contribution < -0.4 is 16.0 Å². The number of thioether (sulfide) groups is 2. The van der Waals surface area contributed by atoms with Gasteiger partial charge in [0.2, 0.25) is 17.0 Å². The van der Waals surface area contributed by atoms with Gasteiger partial charge in [0.25, 0.3) is 0 Å². The molecular weight excluding hydrogens is 877 g/mol. The number of benzene rings is 3. The Morgan fingerprint density at radius 2 is 1.58 bits per heavy atom. The molecule has 4 heterocycles. The zero-order chi connectivity index (χ0) is 46.4. The molecule has 0 aliphatic carbocycles. The molecule has 1 aromatic heterocycles. The third kappa shape index (κ3) is 10.8. The van der Waals surface area contributed by atoms with Crippen molar-refractivity contribution in [1.82, 2.24) is 45.5 Å². The number of tetrazole rings is 1. The number of aromatic nitrogens is 4. The van der Waals surface area contributed by atoms with Crippen LogP contribution in [-0.4, -0.2) is 125 Å². The van der Waals surface area contributed by atoms with Gasteiger partial charge in [-0.3, -0.25) is 33.8 Å². The van der Waals surface area contributed by atoms with Crippen molar-refractivity contribution in [3.8, 4) is 0 Å². The summed E-state index contributed by atoms with van der Waals surface area (Å²) >= 11 is 2.39. The lowest BCUT2D eigenvalue weighted by molar-refractivity contribution is -0.153. The van der Waals surface area contributed by atoms with Gasteiger partial charge < -0.3 is 30.3 Å². The minimum absolute atomic E-state index is 0.00779. The normalized spacial score (nSPS) is 17.9. The molecule has 19 nitrogen and oxygen atoms in total. The number of carbonyl (C=O) groups excluding carboxylic acids is 7. The number of hydrogen-bond donors (Lipinski definition) is 3. The average molecular weight is 925 g/mol. The first-order chi connectivity index (χ1) is 31.1. The van der Waals surface area contributed by atoms with Crippen molar-refractivity contribution in [3.63, 3.8) is 0 Å². The second-order valence-electron chi connectivity index (χ2n) is 16.1. The number of ether oxygens (including phenoxy) is 2. The Kier molecular flexibility index (Phi) is 14.2. The fourth-order valence-electron chi connectivity index (χ4n) is 7.27. The maximum atomic E-state index is 14.9. The first-order valence-corrected chi connectivity index (χ1v) is 22.7. The molecule has 3 atom stereocenters. The van der Waals surface area contributed by atoms with Crippen LogP contribution in [0.4, 0.5) is 10.5 Å². The van der Waals surface area contributed by atoms with Gasteiger partial charge in [0.1, 0.15) is 29.3 Å². The summed E-state index contributed by atoms with van der Waals surface area (Å²) in [6.45, 7) is 7.00. The number of amides is 6. The van der Waals surface area contributed by atoms with Crippen LogP contribution in [0, 0.1) is 0 Å². The standard InChI is InChI=1S/C44H48N10O9S2/c1-6-52-20-21-53(40(59)39(52)58)42(61)46-34(28-18-13-19-29(22-28)45-24-33(56)63-44(2,3)4)37(57)47-38-30(25-64-43-48-49-50-51(43)5)35(54-31(55)23-32(54)65-38)41(60)62-36(26-14-9-7-10-15-26)27-16-11-8-12-17-27/h7-19,22,32,34,36,38,45H,6,20-21,23-25H2,1-5H3,(H,46,61)(H,47,57)/t32-,34?,38?/m0/s1. The van der Waals surface area contributed by atoms with E-state index in [1.54, 1.807) is 59.0 Å². The van der Waals surface area contributed by atoms with Crippen LogP contribution in [0.1, 0.15) is 63.0 Å². The maximum Gasteiger partial charge on any atom is 0.356 e. The van der Waals surface area contributed by atoms with E-state index < -0.39 is 64.2 Å². The summed E-state index contributed by atoms with van der Waals surface area (Å²) in [6, 6.07) is 22.2. The van der Waals surface area contributed by atoms with Crippen molar-refractivity contribution in [2.45, 2.75) is 67.8 Å². The highest BCUT2D eigenvalue weighted by atomic mass is 32.2. The van der Waals surface area contributed by atoms with Crippen molar-refractivity contribution < 1.29 is 43.0 Å². The number of nitrogens with one attached hydrogen (secondary N) is 3. The van der Waals surface area contributed by atoms with Crippen molar-refractivity contribution in [2.24, 2.45) is 7.05 Å². The van der Waals surface area contributed by atoms with Crippen LogP contribution in [0.15, 0.2) is 101 Å². The molecule has 0 radical (unpaired) electrons. The van der Waals surface area contributed by atoms with E-state index >= 15 is 0 Å². The lowest BCUT2D eigenvalue weighted by atomic mass is 10.0. The van der Waals surface area contributed by atoms with E-state index in [1.807, 2.05) is 60.7 Å². The monoisotopic (exact) mass is 924 g/mol. The molecule has 3 N–H and O–H groups in total. The highest BCUT2D eigenvalue weighted by Gasteiger charge is 2.50. The molecule has 340 valence electrons. The molecule has 65 heavy (non-hydrogen) atoms. The molecule has 4 aromatic rings. The van der Waals surface area contributed by atoms with Crippen molar-refractivity contribution in [3.05, 3.63) is 113 Å². The second-order valence-corrected chi connectivity index (χ2v) is 18.3. The SMILES string of the molecule is CCN1CCN(C(=O)NC(C(=O)NC2S[C@H]3CC(=O)N3C(C(=O)OC(c3ccccc3)c3ccccc3)=C2CSc2nnnn2C)c2cccc(NCC(=O)OC(C)(C)C)c2)C(=O)C1=O. The lowest BCUT2D eigenvalue weighted by Crippen LogP contribution is -2.60. The molecule has 0 spiro atoms. The zero-order valence-electron chi connectivity index (χ0n) is 36.3. The number of esters is 2. The van der Waals surface area contributed by atoms with Crippen LogP contribution in [0.3, 0.4) is 0 Å². The quantitative estimate of drug-likeness (QED) is 0.0671. The molecule has 3 aromatic carbocycles. The largest absolute Gasteiger partial charge is 0.459 e. The third-order valence-corrected chi connectivity index (χ3v) is 12.9. The highest BCUT2D eigenvalue weighted by molar-refractivity contribution is 8.01. The molecule has 3 aliphatic rings. The Balaban J connectivity index is 1.24. The molecule has 2 fully saturated rings. The number of urea groups is 1. The summed E-state index contributed by atoms with van der Waals surface area (Å²) in [5.74, 6) is -4.31. The van der Waals surface area contributed by atoms with Gasteiger partial charge >= 0.3 is 29.8 Å². The maximum absolute atomic E-state index is 14.9. The summed E-state index contributed by atoms with van der Waals surface area (Å²) in [6.07, 6.45) is -0.801. The predicted octanol–water partition coefficient (Wildman–Crippen LogP) is 3.53. The number of β-lactam (4-membered cyclic amide) rings is 1. The first-order valence-electron chi connectivity index (χ1n) is 20.8. The Hall–Kier alpha value is -6.74. The Bertz CT molecular complexity index is 2460. The van der Waals surface area contributed by atoms with Gasteiger partial charge in [-0.1, -0.05) is 84.6 Å². The van der Waals surface area contributed by atoms with E-state index in [9.17, 15) is 33.6 Å². The summed E-state index contributed by atoms with van der Waals surface area (Å²) in [5.41, 5.74) is 1.55. The van der Waals surface area contributed by atoms with Crippen molar-refractivity contribution in [2.75, 3.05) is 37.2 Å². The van der Waals surface area contributed by atoms with E-state index in [4.69, 9.17) is 9.47 Å². The molecule has 21 heteroatoms. The number of anilines is 1. The van der Waals surface area contributed by atoms with Crippen LogP contribution in [0.25, 0.3) is 0 Å². The fourth-order valence-corrected chi connectivity index (χ4v) is 9.73. The lowest BCUT2D eigenvalue weighted by Gasteiger charge is -2.47. The summed E-state index contributed by atoms with van der Waals surface area (Å²) in [4.78, 5) is 99.0. The molecule has 0 bridgehead atoms. The number of fused-ring (bicyclic) bond motifs is 1. The minimum Gasteiger partial charge on any atom is -0.459 e. The number of hydrogen-bond acceptors (Lipinski definition) is 15. The van der Waals surface area contributed by atoms with Gasteiger partial charge in [-0.25, -0.2) is 14.3 Å². The number of nitrogens with zero attached hydrogens (tertiary/aromatic N) is 7. The fraction of sp³-hybridized carbons (Fsp3) is 0.364. The first kappa shape index (κ1) is 46.3. The molecule has 6 amide bonds. The molecule has 0 saturated carbocycles. The Morgan fingerprint density at radius 3 is 2.20 bits per heavy atom. The second kappa shape index (κ2) is 20.0. The third-order valence-electron chi connectivity index (χ3n) is 10.4. The molecule has 3 aliphatic heterocycles. The summed E-state index contributed by atoms with van der Waals surface area (Å²) in [7, 11) is 1.64. The minimum atomic E-state index is -1.49. The van der Waals surface area contributed by atoms with Gasteiger partial charge in [0, 0.05) is 43.7 Å². The van der Waals surface area contributed by atoms with Crippen LogP contribution >= 0.6 is 23.5 Å². The van der Waals surface area contributed by atoms with E-state index in [1.165, 1.54) is 26.2 Å². The van der Waals surface area contributed by atoms with E-state index in [-0.39, 0.29) is 55.5 Å². The van der Waals surface area contributed by atoms with E-state index in [2.05, 4.69) is 31.5 Å². The summed E-state index contributed by atoms with van der Waals surface area (Å²) in [5, 5.41) is 19.2. The smallest absolute Gasteiger partial charge is 0.356 e. The van der Waals surface area contributed by atoms with Gasteiger partial charge in [-0.05, 0) is 66.9 Å². The Morgan fingerprint density at radius 1 is 0.908 bits per heavy atom. The Labute approximate surface area is 383 Å². The predicted molar refractivity (Wildman–Crippen MR) is 238 cm³/mol. The van der Waals surface area contributed by atoms with Gasteiger partial charge in [0.15, 0.2) is 6.10 Å². The van der Waals surface area contributed by atoms with Crippen molar-refractivity contribution in [1.29, 1.82) is 0 Å². The highest BCUT2D eigenvalue weighted by Crippen LogP contribution is 2.45. The molecule has 2 unspecified atom stereocenters. The van der Waals surface area contributed by atoms with Crippen LogP contribution in [-0.2, 0) is 45.3 Å². The molecular formula is C44H48N10O9S2. The van der Waals surface area contributed by atoms with Gasteiger partial charge in [0.05, 0.1) is 11.8 Å². The average Bonchev–Trinajstić information content (AvgIpc) is 3.70. The van der Waals surface area contributed by atoms with E-state index in [0.717, 1.165) is 16.7 Å². The number of piperazine rings is 1. The number of likely N-dealkylation sites (N-methyl/N-ethyl adjacent to an activating group) is 1. The number of aryl methyl sites for hydroxylation is 1. The van der Waals surface area contributed by atoms with Crippen molar-refractivity contribution >= 4 is 70.8 Å². The van der Waals surface area contributed by atoms with Gasteiger partial charge in [-0.2, -0.15) is 0 Å². The van der Waals surface area contributed by atoms with E-state index in [0.29, 0.717) is 27.5 Å². The number of rotatable bonds is 15. The van der Waals surface area contributed by atoms with Gasteiger partial charge in [-0.15, -0.1) is 16.9 Å². The topological polar surface area (TPSA) is 227 Å². The van der Waals surface area contributed by atoms with Crippen LogP contribution in [0.2, 0.25) is 0 Å². The van der Waals surface area contributed by atoms with Crippen LogP contribution in [0.5, 0.6) is 0 Å². The molecule has 2 saturated heterocycles.